The van der Waals surface area contributed by atoms with Crippen LogP contribution in [-0.4, -0.2) is 25.6 Å². The second-order valence-electron chi connectivity index (χ2n) is 3.26. The highest BCUT2D eigenvalue weighted by molar-refractivity contribution is 5.95. The maximum atomic E-state index is 11.0. The topological polar surface area (TPSA) is 76.4 Å². The number of nitrogens with two attached hydrogens (primary N) is 1. The van der Waals surface area contributed by atoms with Crippen LogP contribution in [0, 0.1) is 0 Å². The van der Waals surface area contributed by atoms with Crippen LogP contribution in [0.2, 0.25) is 0 Å². The first-order chi connectivity index (χ1) is 7.29. The fourth-order valence-corrected chi connectivity index (χ4v) is 1.40. The minimum absolute atomic E-state index is 0.0767. The van der Waals surface area contributed by atoms with Crippen molar-refractivity contribution in [2.75, 3.05) is 30.3 Å². The molecule has 1 heterocycles. The van der Waals surface area contributed by atoms with Crippen molar-refractivity contribution in [2.45, 2.75) is 0 Å². The first-order valence-corrected chi connectivity index (χ1v) is 4.80. The van der Waals surface area contributed by atoms with Crippen molar-refractivity contribution in [3.63, 3.8) is 0 Å². The van der Waals surface area contributed by atoms with Gasteiger partial charge in [0.05, 0.1) is 5.69 Å². The summed E-state index contributed by atoms with van der Waals surface area (Å²) >= 11 is 0. The summed E-state index contributed by atoms with van der Waals surface area (Å²) in [5.41, 5.74) is 7.03. The number of carbonyl (C=O) groups is 1. The number of fused-ring (bicyclic) bond motifs is 1. The van der Waals surface area contributed by atoms with Crippen LogP contribution in [0.4, 0.5) is 11.4 Å². The van der Waals surface area contributed by atoms with Gasteiger partial charge in [0, 0.05) is 24.8 Å². The Morgan fingerprint density at radius 2 is 2.40 bits per heavy atom. The minimum atomic E-state index is -0.120. The molecular weight excluding hydrogens is 194 g/mol. The maximum absolute atomic E-state index is 11.0. The summed E-state index contributed by atoms with van der Waals surface area (Å²) in [5.74, 6) is 0.571. The number of hydrogen-bond donors (Lipinski definition) is 3. The number of nitrogens with one attached hydrogen (secondary N) is 2. The molecule has 2 rings (SSSR count). The van der Waals surface area contributed by atoms with E-state index >= 15 is 0 Å². The molecule has 0 bridgehead atoms. The Bertz CT molecular complexity index is 379. The first-order valence-electron chi connectivity index (χ1n) is 4.80. The summed E-state index contributed by atoms with van der Waals surface area (Å²) < 4.78 is 5.27. The molecule has 0 aromatic heterocycles. The van der Waals surface area contributed by atoms with E-state index in [1.165, 1.54) is 0 Å². The molecule has 1 aliphatic heterocycles. The lowest BCUT2D eigenvalue weighted by molar-refractivity contribution is -0.118. The molecule has 1 aromatic carbocycles. The minimum Gasteiger partial charge on any atom is -0.482 e. The lowest BCUT2D eigenvalue weighted by Gasteiger charge is -2.18. The summed E-state index contributed by atoms with van der Waals surface area (Å²) in [4.78, 5) is 11.0. The normalized spacial score (nSPS) is 13.8. The predicted octanol–water partition coefficient (Wildman–Crippen LogP) is 0.388. The number of ether oxygens (including phenoxy) is 1. The largest absolute Gasteiger partial charge is 0.482 e. The van der Waals surface area contributed by atoms with Crippen molar-refractivity contribution in [3.05, 3.63) is 18.2 Å². The standard InChI is InChI=1S/C10H13N3O2/c11-3-4-12-7-1-2-8-9(5-7)15-6-10(14)13-8/h1-2,5,12H,3-4,6,11H2,(H,13,14). The van der Waals surface area contributed by atoms with Gasteiger partial charge in [-0.05, 0) is 12.1 Å². The van der Waals surface area contributed by atoms with Gasteiger partial charge >= 0.3 is 0 Å². The van der Waals surface area contributed by atoms with Crippen molar-refractivity contribution < 1.29 is 9.53 Å². The molecule has 0 unspecified atom stereocenters. The Morgan fingerprint density at radius 1 is 1.53 bits per heavy atom. The van der Waals surface area contributed by atoms with E-state index in [2.05, 4.69) is 10.6 Å². The van der Waals surface area contributed by atoms with Crippen molar-refractivity contribution in [1.29, 1.82) is 0 Å². The van der Waals surface area contributed by atoms with Gasteiger partial charge in [0.15, 0.2) is 6.61 Å². The smallest absolute Gasteiger partial charge is 0.262 e. The van der Waals surface area contributed by atoms with Crippen molar-refractivity contribution >= 4 is 17.3 Å². The van der Waals surface area contributed by atoms with Gasteiger partial charge < -0.3 is 21.1 Å². The number of anilines is 2. The Kier molecular flexibility index (Phi) is 2.73. The molecule has 1 amide bonds. The van der Waals surface area contributed by atoms with E-state index < -0.39 is 0 Å². The Labute approximate surface area is 87.6 Å². The van der Waals surface area contributed by atoms with Gasteiger partial charge in [-0.3, -0.25) is 4.79 Å². The molecule has 0 radical (unpaired) electrons. The van der Waals surface area contributed by atoms with Crippen LogP contribution in [0.15, 0.2) is 18.2 Å². The molecule has 0 spiro atoms. The van der Waals surface area contributed by atoms with E-state index in [1.54, 1.807) is 0 Å². The van der Waals surface area contributed by atoms with Gasteiger partial charge in [-0.2, -0.15) is 0 Å². The molecule has 5 heteroatoms. The van der Waals surface area contributed by atoms with Crippen molar-refractivity contribution in [1.82, 2.24) is 0 Å². The fourth-order valence-electron chi connectivity index (χ4n) is 1.40. The van der Waals surface area contributed by atoms with Crippen LogP contribution < -0.4 is 21.1 Å². The summed E-state index contributed by atoms with van der Waals surface area (Å²) in [6.45, 7) is 1.37. The molecule has 0 fully saturated rings. The third-order valence-electron chi connectivity index (χ3n) is 2.09. The average Bonchev–Trinajstić information content (AvgIpc) is 2.26. The summed E-state index contributed by atoms with van der Waals surface area (Å²) in [7, 11) is 0. The molecule has 15 heavy (non-hydrogen) atoms. The van der Waals surface area contributed by atoms with Crippen molar-refractivity contribution in [3.8, 4) is 5.75 Å². The van der Waals surface area contributed by atoms with Gasteiger partial charge in [-0.25, -0.2) is 0 Å². The molecule has 0 atom stereocenters. The lowest BCUT2D eigenvalue weighted by Crippen LogP contribution is -2.25. The van der Waals surface area contributed by atoms with Crippen LogP contribution in [0.25, 0.3) is 0 Å². The Balaban J connectivity index is 2.15. The molecule has 80 valence electrons. The van der Waals surface area contributed by atoms with Crippen LogP contribution in [0.3, 0.4) is 0 Å². The second-order valence-corrected chi connectivity index (χ2v) is 3.26. The van der Waals surface area contributed by atoms with Gasteiger partial charge in [0.2, 0.25) is 0 Å². The molecule has 5 nitrogen and oxygen atoms in total. The number of amides is 1. The third kappa shape index (κ3) is 2.19. The molecular formula is C10H13N3O2. The van der Waals surface area contributed by atoms with Crippen LogP contribution in [-0.2, 0) is 4.79 Å². The van der Waals surface area contributed by atoms with E-state index in [1.807, 2.05) is 18.2 Å². The zero-order valence-electron chi connectivity index (χ0n) is 8.25. The highest BCUT2D eigenvalue weighted by atomic mass is 16.5. The van der Waals surface area contributed by atoms with Crippen LogP contribution >= 0.6 is 0 Å². The third-order valence-corrected chi connectivity index (χ3v) is 2.09. The second kappa shape index (κ2) is 4.18. The van der Waals surface area contributed by atoms with Crippen LogP contribution in [0.5, 0.6) is 5.75 Å². The average molecular weight is 207 g/mol. The van der Waals surface area contributed by atoms with Crippen LogP contribution in [0.1, 0.15) is 0 Å². The lowest BCUT2D eigenvalue weighted by atomic mass is 10.2. The SMILES string of the molecule is NCCNc1ccc2c(c1)OCC(=O)N2. The molecule has 1 aromatic rings. The van der Waals surface area contributed by atoms with E-state index in [0.717, 1.165) is 5.69 Å². The van der Waals surface area contributed by atoms with E-state index in [0.29, 0.717) is 24.5 Å². The predicted molar refractivity (Wildman–Crippen MR) is 58.1 cm³/mol. The zero-order chi connectivity index (χ0) is 10.7. The Morgan fingerprint density at radius 3 is 3.20 bits per heavy atom. The van der Waals surface area contributed by atoms with Gasteiger partial charge in [-0.1, -0.05) is 0 Å². The first kappa shape index (κ1) is 9.79. The quantitative estimate of drug-likeness (QED) is 0.670. The van der Waals surface area contributed by atoms with E-state index in [9.17, 15) is 4.79 Å². The number of carbonyl (C=O) groups excluding carboxylic acids is 1. The molecule has 4 N–H and O–H groups in total. The summed E-state index contributed by atoms with van der Waals surface area (Å²) in [6.07, 6.45) is 0. The maximum Gasteiger partial charge on any atom is 0.262 e. The Hall–Kier alpha value is -1.75. The van der Waals surface area contributed by atoms with Gasteiger partial charge in [0.25, 0.3) is 5.91 Å². The van der Waals surface area contributed by atoms with E-state index in [-0.39, 0.29) is 12.5 Å². The fraction of sp³-hybridized carbons (Fsp3) is 0.300. The molecule has 0 saturated carbocycles. The highest BCUT2D eigenvalue weighted by Crippen LogP contribution is 2.30. The number of benzene rings is 1. The molecule has 0 aliphatic carbocycles. The van der Waals surface area contributed by atoms with Crippen molar-refractivity contribution in [2.24, 2.45) is 5.73 Å². The summed E-state index contributed by atoms with van der Waals surface area (Å²) in [6, 6.07) is 5.54. The highest BCUT2D eigenvalue weighted by Gasteiger charge is 2.15. The molecule has 1 aliphatic rings. The number of hydrogen-bond acceptors (Lipinski definition) is 4. The molecule has 0 saturated heterocycles. The number of rotatable bonds is 3. The summed E-state index contributed by atoms with van der Waals surface area (Å²) in [5, 5.41) is 5.86. The van der Waals surface area contributed by atoms with E-state index in [4.69, 9.17) is 10.5 Å². The monoisotopic (exact) mass is 207 g/mol. The van der Waals surface area contributed by atoms with Gasteiger partial charge in [-0.15, -0.1) is 0 Å². The zero-order valence-corrected chi connectivity index (χ0v) is 8.25. The van der Waals surface area contributed by atoms with Gasteiger partial charge in [0.1, 0.15) is 5.75 Å².